The molecule has 1 amide bonds. The third-order valence-corrected chi connectivity index (χ3v) is 10.2. The third-order valence-electron chi connectivity index (χ3n) is 9.87. The van der Waals surface area contributed by atoms with Crippen molar-refractivity contribution in [2.75, 3.05) is 42.1 Å². The number of halogens is 1. The maximum absolute atomic E-state index is 14.5. The van der Waals surface area contributed by atoms with E-state index < -0.39 is 40.7 Å². The number of benzene rings is 3. The number of aliphatic hydroxyl groups is 2. The summed E-state index contributed by atoms with van der Waals surface area (Å²) in [7, 11) is 7.06. The van der Waals surface area contributed by atoms with Crippen molar-refractivity contribution in [3.63, 3.8) is 0 Å². The number of imidazole rings is 1. The van der Waals surface area contributed by atoms with Crippen LogP contribution < -0.4 is 33.7 Å². The summed E-state index contributed by atoms with van der Waals surface area (Å²) in [6, 6.07) is 12.0. The lowest BCUT2D eigenvalue weighted by Gasteiger charge is -2.38. The van der Waals surface area contributed by atoms with Crippen LogP contribution in [0.25, 0.3) is 11.0 Å². The average Bonchev–Trinajstić information content (AvgIpc) is 3.68. The van der Waals surface area contributed by atoms with Crippen LogP contribution in [0.1, 0.15) is 47.4 Å². The molecule has 53 heavy (non-hydrogen) atoms. The fourth-order valence-electron chi connectivity index (χ4n) is 7.29. The molecule has 15 heteroatoms. The van der Waals surface area contributed by atoms with Gasteiger partial charge in [0.1, 0.15) is 34.5 Å². The van der Waals surface area contributed by atoms with Crippen molar-refractivity contribution < 1.29 is 53.0 Å². The number of carbonyl (C=O) groups is 3. The number of nitrogens with zero attached hydrogens (tertiary/aromatic N) is 2. The lowest BCUT2D eigenvalue weighted by Crippen LogP contribution is -2.53. The molecular formula is C38H40ClN3O11. The number of para-hydroxylation sites is 2. The van der Waals surface area contributed by atoms with Crippen LogP contribution in [0.4, 0.5) is 0 Å². The Morgan fingerprint density at radius 2 is 1.68 bits per heavy atom. The number of Topliss-reactive ketones (excluding diaryl/α,β-unsaturated/α-hetero) is 2. The van der Waals surface area contributed by atoms with Crippen molar-refractivity contribution in [2.45, 2.75) is 44.4 Å². The summed E-state index contributed by atoms with van der Waals surface area (Å²) in [5, 5.41) is 25.1. The number of allylic oxidation sites excluding steroid dienone is 1. The molecule has 4 aromatic rings. The van der Waals surface area contributed by atoms with E-state index in [0.717, 1.165) is 5.52 Å². The SMILES string of the molecule is COc1cc(OC)c2c(c1Cl)OC1(C2=O)C(O)=C(C(CC(=O)NCCn2c(CO)nc3ccccc32)c2cc(OC)c(OC)c(OC)c2)C(=O)CC1C. The van der Waals surface area contributed by atoms with Crippen molar-refractivity contribution in [3.8, 4) is 34.5 Å². The maximum atomic E-state index is 14.5. The Kier molecular flexibility index (Phi) is 10.5. The van der Waals surface area contributed by atoms with Crippen LogP contribution in [-0.2, 0) is 22.7 Å². The van der Waals surface area contributed by atoms with E-state index in [0.29, 0.717) is 16.9 Å². The highest BCUT2D eigenvalue weighted by Gasteiger charge is 2.61. The largest absolute Gasteiger partial charge is 0.507 e. The molecule has 3 unspecified atom stereocenters. The highest BCUT2D eigenvalue weighted by Crippen LogP contribution is 2.56. The second-order valence-corrected chi connectivity index (χ2v) is 13.0. The van der Waals surface area contributed by atoms with E-state index in [1.54, 1.807) is 19.1 Å². The first-order valence-electron chi connectivity index (χ1n) is 16.8. The van der Waals surface area contributed by atoms with Gasteiger partial charge in [0, 0.05) is 49.4 Å². The van der Waals surface area contributed by atoms with Gasteiger partial charge in [-0.2, -0.15) is 0 Å². The molecule has 1 aliphatic heterocycles. The predicted octanol–water partition coefficient (Wildman–Crippen LogP) is 4.95. The number of nitrogens with one attached hydrogen (secondary N) is 1. The molecular weight excluding hydrogens is 710 g/mol. The Morgan fingerprint density at radius 3 is 2.30 bits per heavy atom. The van der Waals surface area contributed by atoms with Crippen molar-refractivity contribution in [2.24, 2.45) is 5.92 Å². The fraction of sp³-hybridized carbons (Fsp3) is 0.368. The van der Waals surface area contributed by atoms with E-state index in [1.165, 1.54) is 41.6 Å². The zero-order valence-electron chi connectivity index (χ0n) is 30.1. The summed E-state index contributed by atoms with van der Waals surface area (Å²) in [6.07, 6.45) is -0.554. The van der Waals surface area contributed by atoms with E-state index in [9.17, 15) is 24.6 Å². The van der Waals surface area contributed by atoms with Crippen LogP contribution in [0.5, 0.6) is 34.5 Å². The maximum Gasteiger partial charge on any atom is 0.231 e. The Bertz CT molecular complexity index is 2120. The van der Waals surface area contributed by atoms with Gasteiger partial charge in [0.25, 0.3) is 0 Å². The number of aliphatic hydroxyl groups excluding tert-OH is 2. The van der Waals surface area contributed by atoms with E-state index in [1.807, 2.05) is 28.8 Å². The first-order chi connectivity index (χ1) is 25.5. The van der Waals surface area contributed by atoms with Gasteiger partial charge < -0.3 is 48.5 Å². The highest BCUT2D eigenvalue weighted by molar-refractivity contribution is 6.35. The van der Waals surface area contributed by atoms with Crippen molar-refractivity contribution in [3.05, 3.63) is 75.8 Å². The summed E-state index contributed by atoms with van der Waals surface area (Å²) in [6.45, 7) is 1.76. The first-order valence-corrected chi connectivity index (χ1v) is 17.1. The van der Waals surface area contributed by atoms with E-state index >= 15 is 0 Å². The topological polar surface area (TPSA) is 177 Å². The van der Waals surface area contributed by atoms with Gasteiger partial charge in [-0.25, -0.2) is 4.98 Å². The molecule has 3 N–H and O–H groups in total. The van der Waals surface area contributed by atoms with Gasteiger partial charge in [0.15, 0.2) is 28.8 Å². The van der Waals surface area contributed by atoms with Crippen molar-refractivity contribution in [1.82, 2.24) is 14.9 Å². The molecule has 3 aromatic carbocycles. The molecule has 2 heterocycles. The number of hydrogen-bond donors (Lipinski definition) is 3. The summed E-state index contributed by atoms with van der Waals surface area (Å²) < 4.78 is 35.7. The second kappa shape index (κ2) is 14.9. The molecule has 2 aliphatic rings. The van der Waals surface area contributed by atoms with Gasteiger partial charge in [-0.15, -0.1) is 0 Å². The van der Waals surface area contributed by atoms with Gasteiger partial charge in [-0.3, -0.25) is 14.4 Å². The number of methoxy groups -OCH3 is 5. The van der Waals surface area contributed by atoms with E-state index in [-0.39, 0.29) is 83.2 Å². The van der Waals surface area contributed by atoms with Gasteiger partial charge in [-0.1, -0.05) is 30.7 Å². The summed E-state index contributed by atoms with van der Waals surface area (Å²) >= 11 is 6.64. The van der Waals surface area contributed by atoms with Gasteiger partial charge in [0.2, 0.25) is 23.0 Å². The zero-order chi connectivity index (χ0) is 38.2. The second-order valence-electron chi connectivity index (χ2n) is 12.6. The standard InChI is InChI=1S/C38H40ClN3O11/c1-19-13-24(44)31(36(46)38(19)37(47)32-25(48-2)17-26(49-3)33(39)35(32)53-38)21(20-14-27(50-4)34(52-6)28(15-20)51-5)16-30(45)40-11-12-42-23-10-8-7-9-22(23)41-29(42)18-43/h7-10,14-15,17,19,21,43,46H,11-13,16,18H2,1-6H3,(H,40,45). The lowest BCUT2D eigenvalue weighted by atomic mass is 9.69. The molecule has 6 rings (SSSR count). The molecule has 1 spiro atoms. The number of carbonyl (C=O) groups excluding carboxylic acids is 3. The minimum atomic E-state index is -2.08. The van der Waals surface area contributed by atoms with Gasteiger partial charge in [-0.05, 0) is 29.8 Å². The highest BCUT2D eigenvalue weighted by atomic mass is 35.5. The quantitative estimate of drug-likeness (QED) is 0.168. The molecule has 1 aromatic heterocycles. The van der Waals surface area contributed by atoms with Crippen LogP contribution in [0, 0.1) is 5.92 Å². The minimum Gasteiger partial charge on any atom is -0.507 e. The number of ketones is 2. The molecule has 3 atom stereocenters. The number of aromatic nitrogens is 2. The summed E-state index contributed by atoms with van der Waals surface area (Å²) in [4.78, 5) is 46.9. The minimum absolute atomic E-state index is 0.0115. The Hall–Kier alpha value is -5.47. The van der Waals surface area contributed by atoms with Crippen molar-refractivity contribution in [1.29, 1.82) is 0 Å². The summed E-state index contributed by atoms with van der Waals surface area (Å²) in [5.41, 5.74) is -0.430. The molecule has 1 aliphatic carbocycles. The predicted molar refractivity (Wildman–Crippen MR) is 193 cm³/mol. The molecule has 14 nitrogen and oxygen atoms in total. The number of hydrogen-bond acceptors (Lipinski definition) is 12. The molecule has 0 radical (unpaired) electrons. The number of ether oxygens (including phenoxy) is 6. The molecule has 0 saturated carbocycles. The van der Waals surface area contributed by atoms with Crippen molar-refractivity contribution >= 4 is 40.1 Å². The van der Waals surface area contributed by atoms with Gasteiger partial charge >= 0.3 is 0 Å². The number of amides is 1. The Morgan fingerprint density at radius 1 is 1.02 bits per heavy atom. The molecule has 0 bridgehead atoms. The first kappa shape index (κ1) is 37.3. The number of rotatable bonds is 13. The fourth-order valence-corrected chi connectivity index (χ4v) is 7.55. The Labute approximate surface area is 310 Å². The van der Waals surface area contributed by atoms with Crippen LogP contribution >= 0.6 is 11.6 Å². The molecule has 0 fully saturated rings. The van der Waals surface area contributed by atoms with Crippen LogP contribution in [-0.4, -0.2) is 84.9 Å². The third kappa shape index (κ3) is 6.15. The monoisotopic (exact) mass is 749 g/mol. The average molecular weight is 750 g/mol. The summed E-state index contributed by atoms with van der Waals surface area (Å²) in [5.74, 6) is -2.84. The van der Waals surface area contributed by atoms with Crippen LogP contribution in [0.15, 0.2) is 53.8 Å². The number of fused-ring (bicyclic) bond motifs is 2. The lowest BCUT2D eigenvalue weighted by molar-refractivity contribution is -0.121. The van der Waals surface area contributed by atoms with Gasteiger partial charge in [0.05, 0.1) is 46.6 Å². The smallest absolute Gasteiger partial charge is 0.231 e. The van der Waals surface area contributed by atoms with E-state index in [2.05, 4.69) is 10.3 Å². The van der Waals surface area contributed by atoms with E-state index in [4.69, 9.17) is 40.0 Å². The zero-order valence-corrected chi connectivity index (χ0v) is 30.8. The van der Waals surface area contributed by atoms with Crippen LogP contribution in [0.3, 0.4) is 0 Å². The molecule has 0 saturated heterocycles. The molecule has 280 valence electrons. The Balaban J connectivity index is 1.43. The normalized spacial score (nSPS) is 18.5. The van der Waals surface area contributed by atoms with Crippen LogP contribution in [0.2, 0.25) is 5.02 Å².